The molecule has 1 aromatic carbocycles. The molecule has 0 unspecified atom stereocenters. The van der Waals surface area contributed by atoms with E-state index in [1.807, 2.05) is 18.2 Å². The summed E-state index contributed by atoms with van der Waals surface area (Å²) in [7, 11) is 0. The maximum Gasteiger partial charge on any atom is 0.141 e. The largest absolute Gasteiger partial charge is 0.382 e. The molecule has 2 aromatic rings. The lowest BCUT2D eigenvalue weighted by Crippen LogP contribution is -2.13. The van der Waals surface area contributed by atoms with E-state index in [-0.39, 0.29) is 5.84 Å². The second-order valence-corrected chi connectivity index (χ2v) is 5.43. The third-order valence-electron chi connectivity index (χ3n) is 3.29. The fourth-order valence-electron chi connectivity index (χ4n) is 1.93. The smallest absolute Gasteiger partial charge is 0.141 e. The molecule has 1 aromatic heterocycles. The van der Waals surface area contributed by atoms with Crippen molar-refractivity contribution in [1.82, 2.24) is 9.97 Å². The molecule has 0 radical (unpaired) electrons. The second-order valence-electron chi connectivity index (χ2n) is 5.02. The molecular weight excluding hydrogens is 288 g/mol. The summed E-state index contributed by atoms with van der Waals surface area (Å²) in [6.07, 6.45) is 4.08. The molecule has 1 aliphatic carbocycles. The van der Waals surface area contributed by atoms with E-state index in [9.17, 15) is 0 Å². The number of aromatic nitrogens is 2. The lowest BCUT2D eigenvalue weighted by molar-refractivity contribution is 0.106. The van der Waals surface area contributed by atoms with Crippen molar-refractivity contribution in [1.29, 1.82) is 5.41 Å². The zero-order valence-electron chi connectivity index (χ0n) is 11.3. The Kier molecular flexibility index (Phi) is 3.86. The highest BCUT2D eigenvalue weighted by Crippen LogP contribution is 2.28. The number of halogens is 1. The number of nitrogens with two attached hydrogens (primary N) is 1. The van der Waals surface area contributed by atoms with Gasteiger partial charge in [-0.2, -0.15) is 0 Å². The van der Waals surface area contributed by atoms with Gasteiger partial charge in [0, 0.05) is 10.6 Å². The van der Waals surface area contributed by atoms with Crippen LogP contribution in [0, 0.1) is 5.41 Å². The predicted molar refractivity (Wildman–Crippen MR) is 81.3 cm³/mol. The third kappa shape index (κ3) is 3.37. The van der Waals surface area contributed by atoms with Gasteiger partial charge in [-0.15, -0.1) is 0 Å². The van der Waals surface area contributed by atoms with Gasteiger partial charge < -0.3 is 10.5 Å². The minimum atomic E-state index is -0.0841. The first-order chi connectivity index (χ1) is 10.1. The molecule has 3 N–H and O–H groups in total. The van der Waals surface area contributed by atoms with Crippen LogP contribution in [-0.2, 0) is 11.3 Å². The molecule has 1 aliphatic rings. The van der Waals surface area contributed by atoms with Crippen LogP contribution in [-0.4, -0.2) is 21.9 Å². The summed E-state index contributed by atoms with van der Waals surface area (Å²) >= 11 is 6.30. The van der Waals surface area contributed by atoms with Crippen molar-refractivity contribution in [3.63, 3.8) is 0 Å². The molecule has 0 atom stereocenters. The highest BCUT2D eigenvalue weighted by molar-refractivity contribution is 6.31. The Morgan fingerprint density at radius 1 is 1.33 bits per heavy atom. The average Bonchev–Trinajstić information content (AvgIpc) is 3.30. The molecule has 1 fully saturated rings. The molecule has 0 amide bonds. The maximum atomic E-state index is 7.42. The van der Waals surface area contributed by atoms with Gasteiger partial charge in [-0.3, -0.25) is 5.41 Å². The van der Waals surface area contributed by atoms with Crippen LogP contribution < -0.4 is 5.73 Å². The number of nitrogens with zero attached hydrogens (tertiary/aromatic N) is 2. The van der Waals surface area contributed by atoms with E-state index in [0.29, 0.717) is 29.1 Å². The summed E-state index contributed by atoms with van der Waals surface area (Å²) in [4.78, 5) is 8.14. The van der Waals surface area contributed by atoms with Crippen molar-refractivity contribution in [2.24, 2.45) is 5.73 Å². The van der Waals surface area contributed by atoms with Gasteiger partial charge in [0.25, 0.3) is 0 Å². The number of benzene rings is 1. The van der Waals surface area contributed by atoms with Crippen molar-refractivity contribution in [2.45, 2.75) is 25.6 Å². The predicted octanol–water partition coefficient (Wildman–Crippen LogP) is 2.76. The first-order valence-electron chi connectivity index (χ1n) is 6.70. The fourth-order valence-corrected chi connectivity index (χ4v) is 2.16. The molecule has 1 heterocycles. The number of nitrogens with one attached hydrogen (secondary N) is 1. The number of nitrogen functional groups attached to an aromatic ring is 1. The minimum Gasteiger partial charge on any atom is -0.382 e. The van der Waals surface area contributed by atoms with Gasteiger partial charge in [-0.25, -0.2) is 9.97 Å². The first kappa shape index (κ1) is 14.0. The van der Waals surface area contributed by atoms with E-state index in [2.05, 4.69) is 9.97 Å². The third-order valence-corrected chi connectivity index (χ3v) is 3.64. The van der Waals surface area contributed by atoms with Crippen LogP contribution in [0.1, 0.15) is 24.1 Å². The SMILES string of the molecule is N=C(N)c1cc(-c2ccc(COC3CC3)c(Cl)c2)ncn1. The van der Waals surface area contributed by atoms with Gasteiger partial charge in [0.05, 0.1) is 18.4 Å². The van der Waals surface area contributed by atoms with Gasteiger partial charge in [-0.05, 0) is 30.5 Å². The van der Waals surface area contributed by atoms with Crippen LogP contribution in [0.3, 0.4) is 0 Å². The molecule has 1 saturated carbocycles. The van der Waals surface area contributed by atoms with Crippen LogP contribution in [0.25, 0.3) is 11.3 Å². The van der Waals surface area contributed by atoms with Crippen LogP contribution in [0.4, 0.5) is 0 Å². The standard InChI is InChI=1S/C15H15ClN4O/c16-12-5-9(1-2-10(12)7-21-11-3-4-11)13-6-14(15(17)18)20-8-19-13/h1-2,5-6,8,11H,3-4,7H2,(H3,17,18). The Hall–Kier alpha value is -1.98. The van der Waals surface area contributed by atoms with E-state index in [4.69, 9.17) is 27.5 Å². The molecule has 0 spiro atoms. The summed E-state index contributed by atoms with van der Waals surface area (Å²) in [6.45, 7) is 0.534. The maximum absolute atomic E-state index is 7.42. The number of hydrogen-bond acceptors (Lipinski definition) is 4. The highest BCUT2D eigenvalue weighted by Gasteiger charge is 2.22. The number of ether oxygens (including phenoxy) is 1. The molecule has 5 nitrogen and oxygen atoms in total. The zero-order chi connectivity index (χ0) is 14.8. The molecule has 0 saturated heterocycles. The number of hydrogen-bond donors (Lipinski definition) is 2. The molecular formula is C15H15ClN4O. The topological polar surface area (TPSA) is 84.9 Å². The summed E-state index contributed by atoms with van der Waals surface area (Å²) in [6, 6.07) is 7.40. The minimum absolute atomic E-state index is 0.0841. The van der Waals surface area contributed by atoms with Gasteiger partial charge in [0.1, 0.15) is 17.9 Å². The normalized spacial score (nSPS) is 14.1. The molecule has 0 bridgehead atoms. The summed E-state index contributed by atoms with van der Waals surface area (Å²) < 4.78 is 5.66. The number of amidine groups is 1. The van der Waals surface area contributed by atoms with Gasteiger partial charge >= 0.3 is 0 Å². The van der Waals surface area contributed by atoms with E-state index >= 15 is 0 Å². The van der Waals surface area contributed by atoms with Crippen LogP contribution in [0.15, 0.2) is 30.6 Å². The van der Waals surface area contributed by atoms with Crippen molar-refractivity contribution in [2.75, 3.05) is 0 Å². The van der Waals surface area contributed by atoms with E-state index < -0.39 is 0 Å². The molecule has 108 valence electrons. The van der Waals surface area contributed by atoms with Gasteiger partial charge in [0.15, 0.2) is 0 Å². The van der Waals surface area contributed by atoms with E-state index in [1.165, 1.54) is 6.33 Å². The lowest BCUT2D eigenvalue weighted by atomic mass is 10.1. The van der Waals surface area contributed by atoms with Crippen molar-refractivity contribution in [3.05, 3.63) is 46.9 Å². The summed E-state index contributed by atoms with van der Waals surface area (Å²) in [5.41, 5.74) is 8.35. The average molecular weight is 303 g/mol. The Balaban J connectivity index is 1.83. The molecule has 0 aliphatic heterocycles. The summed E-state index contributed by atoms with van der Waals surface area (Å²) in [5.74, 6) is -0.0841. The molecule has 3 rings (SSSR count). The van der Waals surface area contributed by atoms with Gasteiger partial charge in [0.2, 0.25) is 0 Å². The van der Waals surface area contributed by atoms with Crippen molar-refractivity contribution in [3.8, 4) is 11.3 Å². The first-order valence-corrected chi connectivity index (χ1v) is 7.08. The number of rotatable bonds is 5. The van der Waals surface area contributed by atoms with Gasteiger partial charge in [-0.1, -0.05) is 23.7 Å². The quantitative estimate of drug-likeness (QED) is 0.657. The Bertz CT molecular complexity index is 685. The molecule has 21 heavy (non-hydrogen) atoms. The van der Waals surface area contributed by atoms with E-state index in [0.717, 1.165) is 24.0 Å². The second kappa shape index (κ2) is 5.79. The van der Waals surface area contributed by atoms with Crippen molar-refractivity contribution < 1.29 is 4.74 Å². The fraction of sp³-hybridized carbons (Fsp3) is 0.267. The summed E-state index contributed by atoms with van der Waals surface area (Å²) in [5, 5.41) is 8.07. The van der Waals surface area contributed by atoms with Crippen LogP contribution in [0.2, 0.25) is 5.02 Å². The van der Waals surface area contributed by atoms with Crippen LogP contribution >= 0.6 is 11.6 Å². The van der Waals surface area contributed by atoms with Crippen molar-refractivity contribution >= 4 is 17.4 Å². The highest BCUT2D eigenvalue weighted by atomic mass is 35.5. The lowest BCUT2D eigenvalue weighted by Gasteiger charge is -2.08. The Morgan fingerprint density at radius 2 is 2.14 bits per heavy atom. The molecule has 6 heteroatoms. The zero-order valence-corrected chi connectivity index (χ0v) is 12.1. The Morgan fingerprint density at radius 3 is 2.81 bits per heavy atom. The van der Waals surface area contributed by atoms with Crippen LogP contribution in [0.5, 0.6) is 0 Å². The Labute approximate surface area is 127 Å². The van der Waals surface area contributed by atoms with E-state index in [1.54, 1.807) is 6.07 Å². The monoisotopic (exact) mass is 302 g/mol.